The SMILES string of the molecule is [CH2-]C(CC(=O)OC)C1=C[C@H]1N.[U]. The molecule has 4 heteroatoms. The van der Waals surface area contributed by atoms with Gasteiger partial charge in [-0.15, -0.1) is 5.92 Å². The topological polar surface area (TPSA) is 52.3 Å². The average molecular weight is 392 g/mol. The summed E-state index contributed by atoms with van der Waals surface area (Å²) in [7, 11) is 1.37. The third-order valence-corrected chi connectivity index (χ3v) is 1.76. The number of esters is 1. The van der Waals surface area contributed by atoms with Crippen LogP contribution in [0.4, 0.5) is 0 Å². The molecule has 0 saturated carbocycles. The van der Waals surface area contributed by atoms with Gasteiger partial charge in [0.15, 0.2) is 0 Å². The zero-order valence-electron chi connectivity index (χ0n) is 7.04. The van der Waals surface area contributed by atoms with Gasteiger partial charge in [-0.2, -0.15) is 0 Å². The van der Waals surface area contributed by atoms with Crippen molar-refractivity contribution in [3.8, 4) is 0 Å². The molecule has 12 heavy (non-hydrogen) atoms. The van der Waals surface area contributed by atoms with E-state index in [4.69, 9.17) is 5.73 Å². The van der Waals surface area contributed by atoms with E-state index in [0.717, 1.165) is 5.57 Å². The molecule has 0 fully saturated rings. The molecule has 1 aliphatic rings. The summed E-state index contributed by atoms with van der Waals surface area (Å²) in [4.78, 5) is 10.7. The summed E-state index contributed by atoms with van der Waals surface area (Å²) in [5, 5.41) is 0. The number of carbonyl (C=O) groups excluding carboxylic acids is 1. The molecule has 0 aromatic heterocycles. The summed E-state index contributed by atoms with van der Waals surface area (Å²) in [5.74, 6) is -0.234. The van der Waals surface area contributed by atoms with Crippen LogP contribution < -0.4 is 5.73 Å². The Hall–Kier alpha value is 0.222. The molecule has 0 aliphatic heterocycles. The fourth-order valence-corrected chi connectivity index (χ4v) is 0.970. The van der Waals surface area contributed by atoms with Crippen molar-refractivity contribution in [2.75, 3.05) is 7.11 Å². The number of rotatable bonds is 3. The van der Waals surface area contributed by atoms with Crippen LogP contribution in [0.5, 0.6) is 0 Å². The second kappa shape index (κ2) is 5.06. The quantitative estimate of drug-likeness (QED) is 0.426. The minimum Gasteiger partial charge on any atom is -0.469 e. The van der Waals surface area contributed by atoms with Gasteiger partial charge >= 0.3 is 5.97 Å². The van der Waals surface area contributed by atoms with Crippen LogP contribution in [0.2, 0.25) is 0 Å². The Balaban J connectivity index is 0.00000121. The van der Waals surface area contributed by atoms with Crippen LogP contribution in [-0.2, 0) is 9.53 Å². The maximum Gasteiger partial charge on any atom is 0.303 e. The Bertz CT molecular complexity index is 203. The molecule has 1 rings (SSSR count). The maximum atomic E-state index is 10.7. The number of hydrogen-bond acceptors (Lipinski definition) is 3. The van der Waals surface area contributed by atoms with Crippen LogP contribution in [0.25, 0.3) is 0 Å². The second-order valence-electron chi connectivity index (χ2n) is 2.67. The van der Waals surface area contributed by atoms with E-state index in [9.17, 15) is 4.79 Å². The van der Waals surface area contributed by atoms with Crippen LogP contribution in [0.1, 0.15) is 6.42 Å². The van der Waals surface area contributed by atoms with Crippen LogP contribution in [-0.4, -0.2) is 19.1 Å². The van der Waals surface area contributed by atoms with Gasteiger partial charge in [0.1, 0.15) is 0 Å². The number of methoxy groups -OCH3 is 1. The van der Waals surface area contributed by atoms with E-state index in [1.165, 1.54) is 7.11 Å². The summed E-state index contributed by atoms with van der Waals surface area (Å²) in [6, 6.07) is 0.0576. The van der Waals surface area contributed by atoms with Crippen molar-refractivity contribution >= 4 is 5.97 Å². The minimum atomic E-state index is -0.231. The molecule has 66 valence electrons. The van der Waals surface area contributed by atoms with E-state index in [0.29, 0.717) is 6.42 Å². The number of hydrogen-bond donors (Lipinski definition) is 1. The monoisotopic (exact) mass is 392 g/mol. The van der Waals surface area contributed by atoms with Gasteiger partial charge in [0.25, 0.3) is 0 Å². The molecule has 0 bridgehead atoms. The molecule has 0 aromatic carbocycles. The van der Waals surface area contributed by atoms with E-state index in [1.807, 2.05) is 6.08 Å². The van der Waals surface area contributed by atoms with Crippen molar-refractivity contribution in [3.05, 3.63) is 18.6 Å². The van der Waals surface area contributed by atoms with Gasteiger partial charge in [-0.25, -0.2) is 0 Å². The van der Waals surface area contributed by atoms with Crippen molar-refractivity contribution in [2.45, 2.75) is 12.5 Å². The summed E-state index contributed by atoms with van der Waals surface area (Å²) < 4.78 is 4.49. The van der Waals surface area contributed by atoms with Gasteiger partial charge in [-0.3, -0.25) is 4.79 Å². The molecule has 0 amide bonds. The third-order valence-electron chi connectivity index (χ3n) is 1.76. The van der Waals surface area contributed by atoms with Crippen molar-refractivity contribution in [1.82, 2.24) is 0 Å². The number of carbonyl (C=O) groups is 1. The van der Waals surface area contributed by atoms with Crippen molar-refractivity contribution in [1.29, 1.82) is 0 Å². The second-order valence-corrected chi connectivity index (χ2v) is 2.67. The predicted molar refractivity (Wildman–Crippen MR) is 41.5 cm³/mol. The summed E-state index contributed by atoms with van der Waals surface area (Å²) in [6.07, 6.45) is 2.23. The zero-order valence-corrected chi connectivity index (χ0v) is 11.2. The molecule has 2 N–H and O–H groups in total. The third kappa shape index (κ3) is 3.30. The van der Waals surface area contributed by atoms with E-state index < -0.39 is 0 Å². The van der Waals surface area contributed by atoms with Gasteiger partial charge in [-0.1, -0.05) is 11.6 Å². The van der Waals surface area contributed by atoms with E-state index in [1.54, 1.807) is 0 Å². The molecule has 0 radical (unpaired) electrons. The predicted octanol–water partition coefficient (Wildman–Crippen LogP) is 0.267. The van der Waals surface area contributed by atoms with Gasteiger partial charge < -0.3 is 17.4 Å². The van der Waals surface area contributed by atoms with Crippen molar-refractivity contribution in [3.63, 3.8) is 0 Å². The van der Waals surface area contributed by atoms with Gasteiger partial charge in [0.05, 0.1) is 7.11 Å². The first-order chi connectivity index (χ1) is 5.15. The van der Waals surface area contributed by atoms with E-state index in [2.05, 4.69) is 11.7 Å². The normalized spacial score (nSPS) is 21.9. The van der Waals surface area contributed by atoms with E-state index >= 15 is 0 Å². The number of nitrogens with two attached hydrogens (primary N) is 1. The summed E-state index contributed by atoms with van der Waals surface area (Å²) in [5.41, 5.74) is 6.57. The minimum absolute atomic E-state index is 0. The Morgan fingerprint density at radius 1 is 1.92 bits per heavy atom. The van der Waals surface area contributed by atoms with Crippen LogP contribution in [0.3, 0.4) is 0 Å². The van der Waals surface area contributed by atoms with Crippen molar-refractivity contribution in [2.24, 2.45) is 11.7 Å². The average Bonchev–Trinajstić information content (AvgIpc) is 2.66. The summed E-state index contributed by atoms with van der Waals surface area (Å²) >= 11 is 0. The molecule has 2 atom stereocenters. The fraction of sp³-hybridized carbons (Fsp3) is 0.500. The number of ether oxygens (including phenoxy) is 1. The Labute approximate surface area is 96.1 Å². The summed E-state index contributed by atoms with van der Waals surface area (Å²) in [6.45, 7) is 3.79. The Morgan fingerprint density at radius 3 is 2.75 bits per heavy atom. The Morgan fingerprint density at radius 2 is 2.42 bits per heavy atom. The molecule has 1 unspecified atom stereocenters. The molecule has 0 spiro atoms. The largest absolute Gasteiger partial charge is 0.469 e. The molecule has 1 aliphatic carbocycles. The first-order valence-electron chi connectivity index (χ1n) is 3.52. The smallest absolute Gasteiger partial charge is 0.303 e. The van der Waals surface area contributed by atoms with Gasteiger partial charge in [-0.05, 0) is 0 Å². The van der Waals surface area contributed by atoms with E-state index in [-0.39, 0.29) is 49.0 Å². The van der Waals surface area contributed by atoms with Gasteiger partial charge in [0.2, 0.25) is 0 Å². The Kier molecular flexibility index (Phi) is 5.15. The fourth-order valence-electron chi connectivity index (χ4n) is 0.970. The molecule has 0 saturated heterocycles. The molecular weight excluding hydrogens is 380 g/mol. The standard InChI is InChI=1S/C8H12NO2.U/c1-5(3-8(10)11-2)6-4-7(6)9;/h4-5,7H,1,3,9H2,2H3;/q-1;/t5?,7-;/m1./s1. The first kappa shape index (κ1) is 12.2. The zero-order chi connectivity index (χ0) is 8.43. The van der Waals surface area contributed by atoms with Crippen molar-refractivity contribution < 1.29 is 40.6 Å². The van der Waals surface area contributed by atoms with Gasteiger partial charge in [0, 0.05) is 43.6 Å². The van der Waals surface area contributed by atoms with Crippen LogP contribution in [0.15, 0.2) is 11.6 Å². The van der Waals surface area contributed by atoms with Crippen LogP contribution in [0, 0.1) is 44.0 Å². The first-order valence-corrected chi connectivity index (χ1v) is 3.52. The molecule has 3 nitrogen and oxygen atoms in total. The molecule has 0 heterocycles. The maximum absolute atomic E-state index is 10.7. The molecular formula is C8H12NO2U-. The van der Waals surface area contributed by atoms with Crippen LogP contribution >= 0.6 is 0 Å². The molecule has 0 aromatic rings.